The third-order valence-electron chi connectivity index (χ3n) is 3.34. The highest BCUT2D eigenvalue weighted by Gasteiger charge is 2.32. The van der Waals surface area contributed by atoms with Gasteiger partial charge >= 0.3 is 0 Å². The molecule has 1 atom stereocenters. The Hall–Kier alpha value is -1.88. The zero-order valence-electron chi connectivity index (χ0n) is 9.89. The maximum atomic E-state index is 11.4. The number of ether oxygens (including phenoxy) is 1. The minimum Gasteiger partial charge on any atom is -0.493 e. The molecule has 0 saturated carbocycles. The first-order valence-corrected chi connectivity index (χ1v) is 6.02. The number of carbonyl (C=O) groups excluding carboxylic acids is 2. The Morgan fingerprint density at radius 2 is 1.89 bits per heavy atom. The summed E-state index contributed by atoms with van der Waals surface area (Å²) in [6.07, 6.45) is 0.803. The molecule has 2 aliphatic heterocycles. The Balaban J connectivity index is 1.89. The number of para-hydroxylation sites is 1. The summed E-state index contributed by atoms with van der Waals surface area (Å²) in [5.41, 5.74) is 1.06. The van der Waals surface area contributed by atoms with Crippen LogP contribution in [0.5, 0.6) is 5.75 Å². The van der Waals surface area contributed by atoms with Gasteiger partial charge in [0.15, 0.2) is 0 Å². The number of amides is 2. The smallest absolute Gasteiger partial charge is 0.240 e. The fourth-order valence-corrected chi connectivity index (χ4v) is 2.58. The van der Waals surface area contributed by atoms with Crippen molar-refractivity contribution in [3.05, 3.63) is 29.8 Å². The fourth-order valence-electron chi connectivity index (χ4n) is 2.58. The standard InChI is InChI=1S/C13H14N2O3/c16-12-7-15(8-13(17)14-12)10-5-6-18-11-4-2-1-3-9(10)11/h1-4,10H,5-8H2,(H,14,16,17). The molecular formula is C13H14N2O3. The minimum absolute atomic E-state index is 0.0879. The van der Waals surface area contributed by atoms with Crippen molar-refractivity contribution in [3.63, 3.8) is 0 Å². The summed E-state index contributed by atoms with van der Waals surface area (Å²) in [6.45, 7) is 1.16. The van der Waals surface area contributed by atoms with E-state index in [-0.39, 0.29) is 30.9 Å². The van der Waals surface area contributed by atoms with Crippen LogP contribution in [-0.2, 0) is 9.59 Å². The largest absolute Gasteiger partial charge is 0.493 e. The van der Waals surface area contributed by atoms with Gasteiger partial charge in [0.1, 0.15) is 5.75 Å². The lowest BCUT2D eigenvalue weighted by atomic mass is 9.98. The third kappa shape index (κ3) is 1.97. The second-order valence-corrected chi connectivity index (χ2v) is 4.57. The van der Waals surface area contributed by atoms with Gasteiger partial charge in [-0.1, -0.05) is 18.2 Å². The number of fused-ring (bicyclic) bond motifs is 1. The number of benzene rings is 1. The molecule has 1 N–H and O–H groups in total. The van der Waals surface area contributed by atoms with Crippen molar-refractivity contribution in [3.8, 4) is 5.75 Å². The summed E-state index contributed by atoms with van der Waals surface area (Å²) in [4.78, 5) is 24.8. The zero-order valence-corrected chi connectivity index (χ0v) is 9.89. The first kappa shape index (κ1) is 11.2. The van der Waals surface area contributed by atoms with Gasteiger partial charge in [-0.15, -0.1) is 0 Å². The molecule has 0 aromatic heterocycles. The van der Waals surface area contributed by atoms with Gasteiger partial charge in [0.2, 0.25) is 11.8 Å². The van der Waals surface area contributed by atoms with E-state index in [9.17, 15) is 9.59 Å². The summed E-state index contributed by atoms with van der Waals surface area (Å²) in [7, 11) is 0. The van der Waals surface area contributed by atoms with Gasteiger partial charge in [-0.2, -0.15) is 0 Å². The van der Waals surface area contributed by atoms with Crippen molar-refractivity contribution in [2.75, 3.05) is 19.7 Å². The third-order valence-corrected chi connectivity index (χ3v) is 3.34. The number of carbonyl (C=O) groups is 2. The molecule has 2 heterocycles. The van der Waals surface area contributed by atoms with Crippen LogP contribution >= 0.6 is 0 Å². The van der Waals surface area contributed by atoms with Crippen molar-refractivity contribution < 1.29 is 14.3 Å². The van der Waals surface area contributed by atoms with Gasteiger partial charge in [0, 0.05) is 18.0 Å². The lowest BCUT2D eigenvalue weighted by Gasteiger charge is -2.36. The summed E-state index contributed by atoms with van der Waals surface area (Å²) in [6, 6.07) is 7.88. The van der Waals surface area contributed by atoms with E-state index in [1.54, 1.807) is 0 Å². The van der Waals surface area contributed by atoms with E-state index in [2.05, 4.69) is 5.32 Å². The molecule has 1 saturated heterocycles. The second-order valence-electron chi connectivity index (χ2n) is 4.57. The van der Waals surface area contributed by atoms with Crippen LogP contribution in [-0.4, -0.2) is 36.4 Å². The number of hydrogen-bond donors (Lipinski definition) is 1. The summed E-state index contributed by atoms with van der Waals surface area (Å²) >= 11 is 0. The highest BCUT2D eigenvalue weighted by molar-refractivity contribution is 5.99. The van der Waals surface area contributed by atoms with E-state index in [1.807, 2.05) is 29.2 Å². The summed E-state index contributed by atoms with van der Waals surface area (Å²) < 4.78 is 5.59. The Morgan fingerprint density at radius 3 is 2.67 bits per heavy atom. The quantitative estimate of drug-likeness (QED) is 0.732. The molecule has 5 heteroatoms. The molecule has 1 aromatic carbocycles. The summed E-state index contributed by atoms with van der Waals surface area (Å²) in [5.74, 6) is 0.401. The van der Waals surface area contributed by atoms with Crippen molar-refractivity contribution in [1.82, 2.24) is 10.2 Å². The second kappa shape index (κ2) is 4.42. The highest BCUT2D eigenvalue weighted by atomic mass is 16.5. The molecule has 1 aromatic rings. The van der Waals surface area contributed by atoms with Crippen LogP contribution < -0.4 is 10.1 Å². The SMILES string of the molecule is O=C1CN(C2CCOc3ccccc32)CC(=O)N1. The lowest BCUT2D eigenvalue weighted by molar-refractivity contribution is -0.137. The van der Waals surface area contributed by atoms with Crippen molar-refractivity contribution in [1.29, 1.82) is 0 Å². The molecule has 2 amide bonds. The van der Waals surface area contributed by atoms with E-state index in [1.165, 1.54) is 0 Å². The first-order valence-electron chi connectivity index (χ1n) is 6.02. The van der Waals surface area contributed by atoms with Crippen LogP contribution in [0.4, 0.5) is 0 Å². The van der Waals surface area contributed by atoms with Crippen molar-refractivity contribution >= 4 is 11.8 Å². The number of piperazine rings is 1. The van der Waals surface area contributed by atoms with Gasteiger partial charge in [0.05, 0.1) is 19.7 Å². The van der Waals surface area contributed by atoms with Gasteiger partial charge < -0.3 is 4.74 Å². The van der Waals surface area contributed by atoms with E-state index < -0.39 is 0 Å². The fraction of sp³-hybridized carbons (Fsp3) is 0.385. The molecular weight excluding hydrogens is 232 g/mol. The maximum absolute atomic E-state index is 11.4. The number of nitrogens with zero attached hydrogens (tertiary/aromatic N) is 1. The molecule has 5 nitrogen and oxygen atoms in total. The topological polar surface area (TPSA) is 58.6 Å². The zero-order chi connectivity index (χ0) is 12.5. The molecule has 18 heavy (non-hydrogen) atoms. The molecule has 0 spiro atoms. The van der Waals surface area contributed by atoms with E-state index in [4.69, 9.17) is 4.74 Å². The molecule has 2 aliphatic rings. The lowest BCUT2D eigenvalue weighted by Crippen LogP contribution is -2.52. The Morgan fingerprint density at radius 1 is 1.17 bits per heavy atom. The molecule has 1 unspecified atom stereocenters. The Bertz CT molecular complexity index is 485. The Labute approximate surface area is 105 Å². The van der Waals surface area contributed by atoms with E-state index in [0.717, 1.165) is 17.7 Å². The molecule has 1 fully saturated rings. The monoisotopic (exact) mass is 246 g/mol. The molecule has 94 valence electrons. The number of hydrogen-bond acceptors (Lipinski definition) is 4. The normalized spacial score (nSPS) is 24.1. The number of imide groups is 1. The van der Waals surface area contributed by atoms with Gasteiger partial charge in [-0.05, 0) is 6.07 Å². The van der Waals surface area contributed by atoms with Crippen LogP contribution in [0.15, 0.2) is 24.3 Å². The predicted molar refractivity (Wildman–Crippen MR) is 64.0 cm³/mol. The number of rotatable bonds is 1. The predicted octanol–water partition coefficient (Wildman–Crippen LogP) is 0.469. The minimum atomic E-state index is -0.227. The molecule has 0 aliphatic carbocycles. The van der Waals surface area contributed by atoms with Gasteiger partial charge in [-0.3, -0.25) is 19.8 Å². The average molecular weight is 246 g/mol. The van der Waals surface area contributed by atoms with Crippen LogP contribution in [0.1, 0.15) is 18.0 Å². The average Bonchev–Trinajstić information content (AvgIpc) is 2.37. The Kier molecular flexibility index (Phi) is 2.76. The van der Waals surface area contributed by atoms with E-state index in [0.29, 0.717) is 6.61 Å². The first-order chi connectivity index (χ1) is 8.74. The van der Waals surface area contributed by atoms with Crippen LogP contribution in [0.25, 0.3) is 0 Å². The number of nitrogens with one attached hydrogen (secondary N) is 1. The molecule has 0 bridgehead atoms. The van der Waals surface area contributed by atoms with Crippen LogP contribution in [0, 0.1) is 0 Å². The highest BCUT2D eigenvalue weighted by Crippen LogP contribution is 2.35. The van der Waals surface area contributed by atoms with Crippen molar-refractivity contribution in [2.45, 2.75) is 12.5 Å². The van der Waals surface area contributed by atoms with E-state index >= 15 is 0 Å². The van der Waals surface area contributed by atoms with Crippen LogP contribution in [0.3, 0.4) is 0 Å². The van der Waals surface area contributed by atoms with Gasteiger partial charge in [0.25, 0.3) is 0 Å². The molecule has 3 rings (SSSR count). The van der Waals surface area contributed by atoms with Gasteiger partial charge in [-0.25, -0.2) is 0 Å². The molecule has 0 radical (unpaired) electrons. The van der Waals surface area contributed by atoms with Crippen LogP contribution in [0.2, 0.25) is 0 Å². The maximum Gasteiger partial charge on any atom is 0.240 e. The summed E-state index contributed by atoms with van der Waals surface area (Å²) in [5, 5.41) is 2.32. The van der Waals surface area contributed by atoms with Crippen molar-refractivity contribution in [2.24, 2.45) is 0 Å².